The van der Waals surface area contributed by atoms with E-state index in [1.165, 1.54) is 122 Å². The molecule has 0 radical (unpaired) electrons. The molecule has 0 aromatic carbocycles. The van der Waals surface area contributed by atoms with Crippen LogP contribution in [0.1, 0.15) is 228 Å². The average molecular weight is 777 g/mol. The Morgan fingerprint density at radius 2 is 1.09 bits per heavy atom. The molecule has 0 bridgehead atoms. The number of carbonyl (C=O) groups is 2. The molecule has 4 atom stereocenters. The second kappa shape index (κ2) is 29.5. The van der Waals surface area contributed by atoms with Crippen molar-refractivity contribution in [1.82, 2.24) is 0 Å². The van der Waals surface area contributed by atoms with E-state index in [4.69, 9.17) is 23.7 Å². The summed E-state index contributed by atoms with van der Waals surface area (Å²) in [5, 5.41) is 11.2. The van der Waals surface area contributed by atoms with E-state index >= 15 is 0 Å². The SMILES string of the molecule is CCCCCCCCC=CCCCCCCCC(=O)OC1=C(OC(=O)CCCCCCCCC(C)CCCCCCCC)C(C)(O)OC1C1COC(C)(C)O1. The lowest BCUT2D eigenvalue weighted by molar-refractivity contribution is -0.215. The average Bonchev–Trinajstić information content (AvgIpc) is 3.63. The van der Waals surface area contributed by atoms with Crippen molar-refractivity contribution in [1.29, 1.82) is 0 Å². The second-order valence-corrected chi connectivity index (χ2v) is 17.2. The van der Waals surface area contributed by atoms with Gasteiger partial charge in [0.25, 0.3) is 0 Å². The molecule has 8 nitrogen and oxygen atoms in total. The molecule has 2 aliphatic rings. The van der Waals surface area contributed by atoms with E-state index in [0.29, 0.717) is 12.8 Å². The van der Waals surface area contributed by atoms with Gasteiger partial charge in [-0.3, -0.25) is 9.59 Å². The molecule has 320 valence electrons. The minimum atomic E-state index is -1.96. The van der Waals surface area contributed by atoms with Crippen LogP contribution in [0.4, 0.5) is 0 Å². The van der Waals surface area contributed by atoms with Crippen LogP contribution in [-0.4, -0.2) is 47.4 Å². The van der Waals surface area contributed by atoms with Crippen molar-refractivity contribution >= 4 is 11.9 Å². The molecule has 0 amide bonds. The zero-order valence-corrected chi connectivity index (χ0v) is 36.4. The molecular formula is C47H84O8. The lowest BCUT2D eigenvalue weighted by atomic mass is 9.96. The highest BCUT2D eigenvalue weighted by molar-refractivity contribution is 5.72. The highest BCUT2D eigenvalue weighted by atomic mass is 16.8. The van der Waals surface area contributed by atoms with Crippen molar-refractivity contribution in [2.24, 2.45) is 5.92 Å². The van der Waals surface area contributed by atoms with Gasteiger partial charge >= 0.3 is 11.9 Å². The van der Waals surface area contributed by atoms with Crippen molar-refractivity contribution in [3.8, 4) is 0 Å². The van der Waals surface area contributed by atoms with Crippen molar-refractivity contribution in [3.63, 3.8) is 0 Å². The van der Waals surface area contributed by atoms with E-state index in [2.05, 4.69) is 32.9 Å². The number of allylic oxidation sites excluding steroid dienone is 2. The van der Waals surface area contributed by atoms with Crippen LogP contribution < -0.4 is 0 Å². The zero-order valence-electron chi connectivity index (χ0n) is 36.4. The van der Waals surface area contributed by atoms with Crippen molar-refractivity contribution in [2.45, 2.75) is 252 Å². The Hall–Kier alpha value is -1.74. The molecule has 0 aliphatic carbocycles. The normalized spacial score (nSPS) is 21.5. The summed E-state index contributed by atoms with van der Waals surface area (Å²) in [4.78, 5) is 26.1. The summed E-state index contributed by atoms with van der Waals surface area (Å²) in [6, 6.07) is 0. The Labute approximate surface area is 337 Å². The van der Waals surface area contributed by atoms with Crippen molar-refractivity contribution in [3.05, 3.63) is 23.7 Å². The molecule has 0 aromatic heterocycles. The lowest BCUT2D eigenvalue weighted by Gasteiger charge is -2.24. The van der Waals surface area contributed by atoms with Gasteiger partial charge in [-0.25, -0.2) is 0 Å². The number of ether oxygens (including phenoxy) is 5. The van der Waals surface area contributed by atoms with Gasteiger partial charge in [0.1, 0.15) is 6.10 Å². The Morgan fingerprint density at radius 3 is 1.56 bits per heavy atom. The molecule has 1 N–H and O–H groups in total. The third-order valence-electron chi connectivity index (χ3n) is 11.1. The van der Waals surface area contributed by atoms with Crippen LogP contribution in [-0.2, 0) is 33.3 Å². The smallest absolute Gasteiger partial charge is 0.311 e. The highest BCUT2D eigenvalue weighted by Crippen LogP contribution is 2.41. The number of carbonyl (C=O) groups excluding carboxylic acids is 2. The van der Waals surface area contributed by atoms with Crippen LogP contribution in [0.2, 0.25) is 0 Å². The minimum Gasteiger partial charge on any atom is -0.424 e. The third kappa shape index (κ3) is 22.7. The fraction of sp³-hybridized carbons (Fsp3) is 0.872. The predicted molar refractivity (Wildman–Crippen MR) is 223 cm³/mol. The van der Waals surface area contributed by atoms with Crippen LogP contribution in [0.15, 0.2) is 23.7 Å². The van der Waals surface area contributed by atoms with Gasteiger partial charge < -0.3 is 28.8 Å². The molecule has 1 saturated heterocycles. The Balaban J connectivity index is 1.73. The molecule has 0 saturated carbocycles. The first kappa shape index (κ1) is 49.4. The number of esters is 2. The van der Waals surface area contributed by atoms with Crippen molar-refractivity contribution < 1.29 is 38.4 Å². The molecule has 0 aromatic rings. The van der Waals surface area contributed by atoms with Gasteiger partial charge in [0.05, 0.1) is 6.61 Å². The van der Waals surface area contributed by atoms with Crippen LogP contribution in [0.3, 0.4) is 0 Å². The zero-order chi connectivity index (χ0) is 40.2. The van der Waals surface area contributed by atoms with E-state index in [-0.39, 0.29) is 31.0 Å². The summed E-state index contributed by atoms with van der Waals surface area (Å²) in [5.41, 5.74) is 0. The van der Waals surface area contributed by atoms with E-state index in [1.807, 2.05) is 0 Å². The molecular weight excluding hydrogens is 693 g/mol. The first-order chi connectivity index (χ1) is 26.5. The number of unbranched alkanes of at least 4 members (excludes halogenated alkanes) is 21. The number of hydrogen-bond acceptors (Lipinski definition) is 8. The molecule has 8 heteroatoms. The topological polar surface area (TPSA) is 101 Å². The molecule has 2 aliphatic heterocycles. The van der Waals surface area contributed by atoms with Crippen LogP contribution in [0.25, 0.3) is 0 Å². The molecule has 55 heavy (non-hydrogen) atoms. The van der Waals surface area contributed by atoms with E-state index in [9.17, 15) is 14.7 Å². The molecule has 1 fully saturated rings. The summed E-state index contributed by atoms with van der Waals surface area (Å²) < 4.78 is 29.3. The highest BCUT2D eigenvalue weighted by Gasteiger charge is 2.53. The quantitative estimate of drug-likeness (QED) is 0.0392. The van der Waals surface area contributed by atoms with Gasteiger partial charge in [-0.2, -0.15) is 0 Å². The maximum atomic E-state index is 13.1. The second-order valence-electron chi connectivity index (χ2n) is 17.2. The van der Waals surface area contributed by atoms with E-state index in [1.54, 1.807) is 13.8 Å². The van der Waals surface area contributed by atoms with Gasteiger partial charge in [-0.1, -0.05) is 168 Å². The van der Waals surface area contributed by atoms with Gasteiger partial charge in [0.2, 0.25) is 11.5 Å². The van der Waals surface area contributed by atoms with Crippen molar-refractivity contribution in [2.75, 3.05) is 6.61 Å². The molecule has 0 spiro atoms. The summed E-state index contributed by atoms with van der Waals surface area (Å²) in [7, 11) is 0. The Kier molecular flexibility index (Phi) is 26.5. The molecule has 4 unspecified atom stereocenters. The minimum absolute atomic E-state index is 0.00752. The monoisotopic (exact) mass is 777 g/mol. The van der Waals surface area contributed by atoms with Gasteiger partial charge in [0, 0.05) is 12.8 Å². The summed E-state index contributed by atoms with van der Waals surface area (Å²) in [6.45, 7) is 12.1. The largest absolute Gasteiger partial charge is 0.424 e. The maximum absolute atomic E-state index is 13.1. The lowest BCUT2D eigenvalue weighted by Crippen LogP contribution is -2.37. The van der Waals surface area contributed by atoms with Crippen LogP contribution in [0, 0.1) is 5.92 Å². The standard InChI is InChI=1S/C47H84O8/c1-7-9-11-13-15-16-17-18-19-20-21-22-23-28-32-36-41(48)52-44-43(40-38-51-46(4,5)54-40)55-47(6,50)45(44)53-42(49)37-33-29-25-24-27-31-35-39(3)34-30-26-14-12-10-8-2/h18-19,39-40,43,50H,7-17,20-38H2,1-6H3. The van der Waals surface area contributed by atoms with Gasteiger partial charge in [-0.15, -0.1) is 0 Å². The van der Waals surface area contributed by atoms with Crippen LogP contribution in [0.5, 0.6) is 0 Å². The van der Waals surface area contributed by atoms with E-state index in [0.717, 1.165) is 50.9 Å². The number of hydrogen-bond donors (Lipinski definition) is 1. The van der Waals surface area contributed by atoms with Gasteiger partial charge in [-0.05, 0) is 65.2 Å². The summed E-state index contributed by atoms with van der Waals surface area (Å²) >= 11 is 0. The fourth-order valence-electron chi connectivity index (χ4n) is 7.64. The Bertz CT molecular complexity index is 1080. The van der Waals surface area contributed by atoms with Crippen LogP contribution >= 0.6 is 0 Å². The first-order valence-electron chi connectivity index (χ1n) is 23.0. The van der Waals surface area contributed by atoms with E-state index < -0.39 is 35.7 Å². The third-order valence-corrected chi connectivity index (χ3v) is 11.1. The number of rotatable bonds is 34. The maximum Gasteiger partial charge on any atom is 0.311 e. The predicted octanol–water partition coefficient (Wildman–Crippen LogP) is 13.1. The number of aliphatic hydroxyl groups is 1. The Morgan fingerprint density at radius 1 is 0.655 bits per heavy atom. The first-order valence-corrected chi connectivity index (χ1v) is 23.0. The summed E-state index contributed by atoms with van der Waals surface area (Å²) in [5.74, 6) is -3.08. The summed E-state index contributed by atoms with van der Waals surface area (Å²) in [6.07, 6.45) is 36.0. The van der Waals surface area contributed by atoms with Gasteiger partial charge in [0.15, 0.2) is 17.7 Å². The molecule has 2 heterocycles. The fourth-order valence-corrected chi connectivity index (χ4v) is 7.64. The molecule has 2 rings (SSSR count).